The van der Waals surface area contributed by atoms with E-state index in [4.69, 9.17) is 32.4 Å². The number of hydrogen-bond acceptors (Lipinski definition) is 4. The molecule has 7 heteroatoms. The maximum atomic E-state index is 12.1. The average Bonchev–Trinajstić information content (AvgIpc) is 3.12. The van der Waals surface area contributed by atoms with Crippen molar-refractivity contribution in [1.82, 2.24) is 4.98 Å². The second-order valence-corrected chi connectivity index (χ2v) is 6.34. The van der Waals surface area contributed by atoms with Gasteiger partial charge in [0.15, 0.2) is 11.7 Å². The van der Waals surface area contributed by atoms with Gasteiger partial charge >= 0.3 is 0 Å². The van der Waals surface area contributed by atoms with Crippen molar-refractivity contribution >= 4 is 34.8 Å². The number of oxazole rings is 1. The van der Waals surface area contributed by atoms with Crippen LogP contribution in [0.25, 0.3) is 11.3 Å². The van der Waals surface area contributed by atoms with E-state index in [0.717, 1.165) is 11.3 Å². The summed E-state index contributed by atoms with van der Waals surface area (Å²) >= 11 is 11.8. The zero-order valence-electron chi connectivity index (χ0n) is 14.0. The number of anilines is 1. The minimum Gasteiger partial charge on any atom is -0.497 e. The quantitative estimate of drug-likeness (QED) is 0.625. The van der Waals surface area contributed by atoms with Crippen LogP contribution in [0.15, 0.2) is 53.1 Å². The Morgan fingerprint density at radius 1 is 1.15 bits per heavy atom. The van der Waals surface area contributed by atoms with Crippen molar-refractivity contribution < 1.29 is 13.9 Å². The number of benzene rings is 2. The zero-order chi connectivity index (χ0) is 18.5. The maximum Gasteiger partial charge on any atom is 0.224 e. The number of nitrogens with one attached hydrogen (secondary N) is 1. The Morgan fingerprint density at radius 3 is 2.62 bits per heavy atom. The fourth-order valence-electron chi connectivity index (χ4n) is 2.33. The van der Waals surface area contributed by atoms with Crippen molar-refractivity contribution in [3.63, 3.8) is 0 Å². The van der Waals surface area contributed by atoms with Gasteiger partial charge in [0.05, 0.1) is 23.4 Å². The summed E-state index contributed by atoms with van der Waals surface area (Å²) in [5, 5.41) is 3.60. The molecule has 3 aromatic rings. The van der Waals surface area contributed by atoms with Gasteiger partial charge in [-0.05, 0) is 42.5 Å². The molecule has 0 aliphatic carbocycles. The van der Waals surface area contributed by atoms with Gasteiger partial charge in [0.25, 0.3) is 0 Å². The van der Waals surface area contributed by atoms with E-state index in [1.165, 1.54) is 0 Å². The molecule has 0 saturated carbocycles. The number of methoxy groups -OCH3 is 1. The van der Waals surface area contributed by atoms with Crippen LogP contribution in [0.2, 0.25) is 10.0 Å². The van der Waals surface area contributed by atoms with E-state index >= 15 is 0 Å². The average molecular weight is 391 g/mol. The number of aryl methyl sites for hydroxylation is 1. The van der Waals surface area contributed by atoms with Gasteiger partial charge in [-0.3, -0.25) is 4.79 Å². The van der Waals surface area contributed by atoms with Crippen LogP contribution in [0.3, 0.4) is 0 Å². The summed E-state index contributed by atoms with van der Waals surface area (Å²) < 4.78 is 10.8. The topological polar surface area (TPSA) is 64.4 Å². The molecule has 1 N–H and O–H groups in total. The molecule has 0 fully saturated rings. The van der Waals surface area contributed by atoms with Crippen LogP contribution >= 0.6 is 23.2 Å². The number of nitrogens with zero attached hydrogens (tertiary/aromatic N) is 1. The molecule has 5 nitrogen and oxygen atoms in total. The van der Waals surface area contributed by atoms with Crippen LogP contribution in [-0.2, 0) is 11.2 Å². The van der Waals surface area contributed by atoms with Crippen LogP contribution in [0.4, 0.5) is 5.69 Å². The molecule has 0 spiro atoms. The van der Waals surface area contributed by atoms with Gasteiger partial charge in [0.1, 0.15) is 5.75 Å². The predicted octanol–water partition coefficient (Wildman–Crippen LogP) is 5.23. The minimum atomic E-state index is -0.160. The molecular formula is C19H16Cl2N2O3. The third kappa shape index (κ3) is 4.56. The standard InChI is InChI=1S/C19H16Cl2N2O3/c1-25-14-5-2-12(3-6-14)17-11-22-19(26-17)9-8-18(24)23-13-4-7-15(20)16(21)10-13/h2-7,10-11H,8-9H2,1H3,(H,23,24). The zero-order valence-corrected chi connectivity index (χ0v) is 15.5. The van der Waals surface area contributed by atoms with Crippen LogP contribution in [0.1, 0.15) is 12.3 Å². The number of hydrogen-bond donors (Lipinski definition) is 1. The SMILES string of the molecule is COc1ccc(-c2cnc(CCC(=O)Nc3ccc(Cl)c(Cl)c3)o2)cc1. The molecule has 0 radical (unpaired) electrons. The van der Waals surface area contributed by atoms with Gasteiger partial charge in [-0.1, -0.05) is 23.2 Å². The van der Waals surface area contributed by atoms with E-state index in [-0.39, 0.29) is 12.3 Å². The highest BCUT2D eigenvalue weighted by Gasteiger charge is 2.10. The first-order chi connectivity index (χ1) is 12.5. The molecule has 0 atom stereocenters. The van der Waals surface area contributed by atoms with E-state index in [9.17, 15) is 4.79 Å². The lowest BCUT2D eigenvalue weighted by Gasteiger charge is -2.05. The fourth-order valence-corrected chi connectivity index (χ4v) is 2.63. The first kappa shape index (κ1) is 18.3. The Morgan fingerprint density at radius 2 is 1.92 bits per heavy atom. The molecule has 0 saturated heterocycles. The first-order valence-corrected chi connectivity index (χ1v) is 8.65. The molecule has 134 valence electrons. The summed E-state index contributed by atoms with van der Waals surface area (Å²) in [6, 6.07) is 12.4. The summed E-state index contributed by atoms with van der Waals surface area (Å²) in [5.41, 5.74) is 1.49. The maximum absolute atomic E-state index is 12.1. The van der Waals surface area contributed by atoms with E-state index in [0.29, 0.717) is 33.8 Å². The van der Waals surface area contributed by atoms with Crippen LogP contribution < -0.4 is 10.1 Å². The van der Waals surface area contributed by atoms with Crippen LogP contribution in [-0.4, -0.2) is 18.0 Å². The van der Waals surface area contributed by atoms with Crippen molar-refractivity contribution in [1.29, 1.82) is 0 Å². The van der Waals surface area contributed by atoms with Gasteiger partial charge in [0.2, 0.25) is 5.91 Å². The second kappa shape index (κ2) is 8.25. The fraction of sp³-hybridized carbons (Fsp3) is 0.158. The number of ether oxygens (including phenoxy) is 1. The number of carbonyl (C=O) groups is 1. The van der Waals surface area contributed by atoms with Crippen molar-refractivity contribution in [3.05, 3.63) is 64.6 Å². The molecule has 0 aliphatic rings. The van der Waals surface area contributed by atoms with Crippen LogP contribution in [0, 0.1) is 0 Å². The molecule has 1 aromatic heterocycles. The van der Waals surface area contributed by atoms with E-state index in [2.05, 4.69) is 10.3 Å². The molecule has 1 amide bonds. The third-order valence-corrected chi connectivity index (χ3v) is 4.44. The Bertz CT molecular complexity index is 907. The molecule has 0 bridgehead atoms. The summed E-state index contributed by atoms with van der Waals surface area (Å²) in [4.78, 5) is 16.3. The second-order valence-electron chi connectivity index (χ2n) is 5.52. The molecule has 1 heterocycles. The Balaban J connectivity index is 1.56. The monoisotopic (exact) mass is 390 g/mol. The Hall–Kier alpha value is -2.50. The van der Waals surface area contributed by atoms with Crippen molar-refractivity contribution in [2.45, 2.75) is 12.8 Å². The number of amides is 1. The molecule has 0 aliphatic heterocycles. The molecular weight excluding hydrogens is 375 g/mol. The van der Waals surface area contributed by atoms with Crippen LogP contribution in [0.5, 0.6) is 5.75 Å². The summed E-state index contributed by atoms with van der Waals surface area (Å²) in [5.74, 6) is 1.76. The number of halogens is 2. The Kier molecular flexibility index (Phi) is 5.81. The van der Waals surface area contributed by atoms with E-state index in [1.807, 2.05) is 24.3 Å². The van der Waals surface area contributed by atoms with Gasteiger partial charge in [-0.2, -0.15) is 0 Å². The number of rotatable bonds is 6. The Labute approximate surface area is 160 Å². The van der Waals surface area contributed by atoms with E-state index in [1.54, 1.807) is 31.5 Å². The van der Waals surface area contributed by atoms with Crippen molar-refractivity contribution in [2.75, 3.05) is 12.4 Å². The van der Waals surface area contributed by atoms with Gasteiger partial charge in [-0.25, -0.2) is 4.98 Å². The minimum absolute atomic E-state index is 0.160. The molecule has 26 heavy (non-hydrogen) atoms. The lowest BCUT2D eigenvalue weighted by molar-refractivity contribution is -0.116. The highest BCUT2D eigenvalue weighted by Crippen LogP contribution is 2.26. The highest BCUT2D eigenvalue weighted by molar-refractivity contribution is 6.42. The normalized spacial score (nSPS) is 10.6. The number of carbonyl (C=O) groups excluding carboxylic acids is 1. The summed E-state index contributed by atoms with van der Waals surface area (Å²) in [6.07, 6.45) is 2.28. The van der Waals surface area contributed by atoms with Crippen molar-refractivity contribution in [3.8, 4) is 17.1 Å². The summed E-state index contributed by atoms with van der Waals surface area (Å²) in [6.45, 7) is 0. The van der Waals surface area contributed by atoms with Gasteiger partial charge < -0.3 is 14.5 Å². The van der Waals surface area contributed by atoms with Gasteiger partial charge in [-0.15, -0.1) is 0 Å². The molecule has 0 unspecified atom stereocenters. The van der Waals surface area contributed by atoms with E-state index < -0.39 is 0 Å². The number of aromatic nitrogens is 1. The third-order valence-electron chi connectivity index (χ3n) is 3.70. The lowest BCUT2D eigenvalue weighted by atomic mass is 10.2. The summed E-state index contributed by atoms with van der Waals surface area (Å²) in [7, 11) is 1.62. The lowest BCUT2D eigenvalue weighted by Crippen LogP contribution is -2.12. The predicted molar refractivity (Wildman–Crippen MR) is 102 cm³/mol. The largest absolute Gasteiger partial charge is 0.497 e. The van der Waals surface area contributed by atoms with Crippen molar-refractivity contribution in [2.24, 2.45) is 0 Å². The smallest absolute Gasteiger partial charge is 0.224 e. The highest BCUT2D eigenvalue weighted by atomic mass is 35.5. The van der Waals surface area contributed by atoms with Gasteiger partial charge in [0, 0.05) is 24.1 Å². The molecule has 3 rings (SSSR count). The molecule has 2 aromatic carbocycles. The first-order valence-electron chi connectivity index (χ1n) is 7.89.